The maximum atomic E-state index is 11.8. The minimum absolute atomic E-state index is 0.205. The van der Waals surface area contributed by atoms with E-state index in [2.05, 4.69) is 5.32 Å². The third-order valence-corrected chi connectivity index (χ3v) is 2.20. The lowest BCUT2D eigenvalue weighted by Gasteiger charge is -2.26. The van der Waals surface area contributed by atoms with Crippen LogP contribution >= 0.6 is 0 Å². The summed E-state index contributed by atoms with van der Waals surface area (Å²) in [5, 5.41) is 11.0. The highest BCUT2D eigenvalue weighted by Crippen LogP contribution is 2.00. The Bertz CT molecular complexity index is 317. The summed E-state index contributed by atoms with van der Waals surface area (Å²) in [6, 6.07) is -1.86. The first-order valence-corrected chi connectivity index (χ1v) is 5.75. The van der Waals surface area contributed by atoms with Gasteiger partial charge in [0.15, 0.2) is 0 Å². The van der Waals surface area contributed by atoms with Gasteiger partial charge in [0.1, 0.15) is 12.6 Å². The van der Waals surface area contributed by atoms with Gasteiger partial charge in [-0.2, -0.15) is 0 Å². The minimum Gasteiger partial charge on any atom is -0.480 e. The predicted molar refractivity (Wildman–Crippen MR) is 64.1 cm³/mol. The molecule has 0 rings (SSSR count). The number of nitrogens with one attached hydrogen (secondary N) is 1. The van der Waals surface area contributed by atoms with Crippen LogP contribution in [0.2, 0.25) is 0 Å². The highest BCUT2D eigenvalue weighted by molar-refractivity contribution is 5.85. The summed E-state index contributed by atoms with van der Waals surface area (Å²) in [5.41, 5.74) is 0. The van der Waals surface area contributed by atoms with E-state index in [4.69, 9.17) is 9.84 Å². The fourth-order valence-corrected chi connectivity index (χ4v) is 1.16. The van der Waals surface area contributed by atoms with E-state index in [-0.39, 0.29) is 19.2 Å². The van der Waals surface area contributed by atoms with Crippen LogP contribution in [0.5, 0.6) is 0 Å². The molecule has 2 N–H and O–H groups in total. The Hall–Kier alpha value is -1.79. The van der Waals surface area contributed by atoms with Crippen LogP contribution in [0.1, 0.15) is 27.7 Å². The summed E-state index contributed by atoms with van der Waals surface area (Å²) in [4.78, 5) is 35.0. The third kappa shape index (κ3) is 5.51. The SMILES string of the molecule is CCOC(=O)CN(C(=O)N[C@@H](C)C(=O)O)C(C)C. The topological polar surface area (TPSA) is 95.9 Å². The van der Waals surface area contributed by atoms with Crippen molar-refractivity contribution in [1.29, 1.82) is 0 Å². The molecule has 0 aliphatic rings. The molecule has 0 aromatic heterocycles. The molecule has 0 aromatic carbocycles. The average molecular weight is 260 g/mol. The molecule has 0 radical (unpaired) electrons. The van der Waals surface area contributed by atoms with Gasteiger partial charge in [0, 0.05) is 6.04 Å². The molecule has 7 heteroatoms. The molecule has 0 saturated heterocycles. The molecular formula is C11H20N2O5. The second kappa shape index (κ2) is 7.52. The number of hydrogen-bond acceptors (Lipinski definition) is 4. The number of nitrogens with zero attached hydrogens (tertiary/aromatic N) is 1. The largest absolute Gasteiger partial charge is 0.480 e. The van der Waals surface area contributed by atoms with Gasteiger partial charge in [-0.3, -0.25) is 9.59 Å². The number of esters is 1. The quantitative estimate of drug-likeness (QED) is 0.676. The van der Waals surface area contributed by atoms with Crippen LogP contribution in [0.3, 0.4) is 0 Å². The zero-order chi connectivity index (χ0) is 14.3. The first kappa shape index (κ1) is 16.2. The Kier molecular flexibility index (Phi) is 6.77. The van der Waals surface area contributed by atoms with E-state index >= 15 is 0 Å². The van der Waals surface area contributed by atoms with Gasteiger partial charge < -0.3 is 20.1 Å². The zero-order valence-corrected chi connectivity index (χ0v) is 11.1. The molecule has 18 heavy (non-hydrogen) atoms. The van der Waals surface area contributed by atoms with Gasteiger partial charge in [-0.15, -0.1) is 0 Å². The van der Waals surface area contributed by atoms with Gasteiger partial charge in [-0.05, 0) is 27.7 Å². The molecule has 0 saturated carbocycles. The Morgan fingerprint density at radius 2 is 1.83 bits per heavy atom. The van der Waals surface area contributed by atoms with Crippen LogP contribution < -0.4 is 5.32 Å². The van der Waals surface area contributed by atoms with E-state index < -0.39 is 24.0 Å². The number of carboxylic acid groups (broad SMARTS) is 1. The van der Waals surface area contributed by atoms with Crippen LogP contribution in [-0.2, 0) is 14.3 Å². The fraction of sp³-hybridized carbons (Fsp3) is 0.727. The number of carbonyl (C=O) groups excluding carboxylic acids is 2. The van der Waals surface area contributed by atoms with Crippen LogP contribution in [-0.4, -0.2) is 53.2 Å². The number of amides is 2. The molecular weight excluding hydrogens is 240 g/mol. The van der Waals surface area contributed by atoms with Crippen LogP contribution in [0.4, 0.5) is 4.79 Å². The van der Waals surface area contributed by atoms with E-state index in [0.29, 0.717) is 0 Å². The van der Waals surface area contributed by atoms with Gasteiger partial charge in [-0.1, -0.05) is 0 Å². The monoisotopic (exact) mass is 260 g/mol. The van der Waals surface area contributed by atoms with E-state index in [1.807, 2.05) is 0 Å². The van der Waals surface area contributed by atoms with Crippen LogP contribution in [0.15, 0.2) is 0 Å². The number of ether oxygens (including phenoxy) is 1. The third-order valence-electron chi connectivity index (χ3n) is 2.20. The summed E-state index contributed by atoms with van der Waals surface area (Å²) >= 11 is 0. The standard InChI is InChI=1S/C11H20N2O5/c1-5-18-9(14)6-13(7(2)3)11(17)12-8(4)10(15)16/h7-8H,5-6H2,1-4H3,(H,12,17)(H,15,16)/t8-/m0/s1. The van der Waals surface area contributed by atoms with Crippen molar-refractivity contribution in [2.45, 2.75) is 39.8 Å². The van der Waals surface area contributed by atoms with Gasteiger partial charge in [0.25, 0.3) is 0 Å². The summed E-state index contributed by atoms with van der Waals surface area (Å²) in [6.45, 7) is 6.50. The van der Waals surface area contributed by atoms with Gasteiger partial charge >= 0.3 is 18.0 Å². The second-order valence-electron chi connectivity index (χ2n) is 4.04. The average Bonchev–Trinajstić information content (AvgIpc) is 2.25. The second-order valence-corrected chi connectivity index (χ2v) is 4.04. The van der Waals surface area contributed by atoms with E-state index in [9.17, 15) is 14.4 Å². The molecule has 0 heterocycles. The van der Waals surface area contributed by atoms with Crippen molar-refractivity contribution in [3.8, 4) is 0 Å². The lowest BCUT2D eigenvalue weighted by Crippen LogP contribution is -2.50. The molecule has 0 bridgehead atoms. The smallest absolute Gasteiger partial charge is 0.325 e. The van der Waals surface area contributed by atoms with E-state index in [1.54, 1.807) is 20.8 Å². The molecule has 0 aliphatic heterocycles. The van der Waals surface area contributed by atoms with E-state index in [0.717, 1.165) is 0 Å². The van der Waals surface area contributed by atoms with Gasteiger partial charge in [0.05, 0.1) is 6.61 Å². The summed E-state index contributed by atoms with van der Waals surface area (Å²) < 4.78 is 4.75. The van der Waals surface area contributed by atoms with Gasteiger partial charge in [0.2, 0.25) is 0 Å². The van der Waals surface area contributed by atoms with Crippen LogP contribution in [0, 0.1) is 0 Å². The number of rotatable bonds is 6. The molecule has 2 amide bonds. The fourth-order valence-electron chi connectivity index (χ4n) is 1.16. The summed E-state index contributed by atoms with van der Waals surface area (Å²) in [5.74, 6) is -1.66. The predicted octanol–water partition coefficient (Wildman–Crippen LogP) is 0.443. The van der Waals surface area contributed by atoms with Crippen molar-refractivity contribution in [1.82, 2.24) is 10.2 Å². The highest BCUT2D eigenvalue weighted by Gasteiger charge is 2.23. The Morgan fingerprint density at radius 1 is 1.28 bits per heavy atom. The first-order valence-electron chi connectivity index (χ1n) is 5.75. The highest BCUT2D eigenvalue weighted by atomic mass is 16.5. The summed E-state index contributed by atoms with van der Waals surface area (Å²) in [6.07, 6.45) is 0. The maximum Gasteiger partial charge on any atom is 0.325 e. The van der Waals surface area contributed by atoms with E-state index in [1.165, 1.54) is 11.8 Å². The van der Waals surface area contributed by atoms with Crippen molar-refractivity contribution in [3.63, 3.8) is 0 Å². The molecule has 0 unspecified atom stereocenters. The molecule has 0 spiro atoms. The number of aliphatic carboxylic acids is 1. The van der Waals surface area contributed by atoms with Crippen LogP contribution in [0.25, 0.3) is 0 Å². The van der Waals surface area contributed by atoms with Crippen molar-refractivity contribution < 1.29 is 24.2 Å². The van der Waals surface area contributed by atoms with Gasteiger partial charge in [-0.25, -0.2) is 4.79 Å². The van der Waals surface area contributed by atoms with Crippen molar-refractivity contribution in [2.75, 3.05) is 13.2 Å². The lowest BCUT2D eigenvalue weighted by molar-refractivity contribution is -0.144. The molecule has 1 atom stereocenters. The number of carboxylic acids is 1. The molecule has 104 valence electrons. The minimum atomic E-state index is -1.14. The number of carbonyl (C=O) groups is 3. The Balaban J connectivity index is 4.55. The first-order chi connectivity index (χ1) is 8.29. The number of urea groups is 1. The molecule has 0 fully saturated rings. The lowest BCUT2D eigenvalue weighted by atomic mass is 10.3. The molecule has 7 nitrogen and oxygen atoms in total. The molecule has 0 aliphatic carbocycles. The summed E-state index contributed by atoms with van der Waals surface area (Å²) in [7, 11) is 0. The molecule has 0 aromatic rings. The van der Waals surface area contributed by atoms with Crippen molar-refractivity contribution >= 4 is 18.0 Å². The Labute approximate surface area is 106 Å². The zero-order valence-electron chi connectivity index (χ0n) is 11.1. The van der Waals surface area contributed by atoms with Crippen molar-refractivity contribution in [3.05, 3.63) is 0 Å². The normalized spacial score (nSPS) is 11.8. The number of hydrogen-bond donors (Lipinski definition) is 2. The Morgan fingerprint density at radius 3 is 2.22 bits per heavy atom. The maximum absolute atomic E-state index is 11.8. The van der Waals surface area contributed by atoms with Crippen molar-refractivity contribution in [2.24, 2.45) is 0 Å².